The van der Waals surface area contributed by atoms with Crippen LogP contribution in [0.3, 0.4) is 0 Å². The lowest BCUT2D eigenvalue weighted by atomic mass is 10.0. The molecule has 1 heterocycles. The Morgan fingerprint density at radius 2 is 2.12 bits per heavy atom. The van der Waals surface area contributed by atoms with Gasteiger partial charge in [-0.15, -0.1) is 0 Å². The Morgan fingerprint density at radius 3 is 2.76 bits per heavy atom. The molecule has 0 aliphatic carbocycles. The fraction of sp³-hybridized carbons (Fsp3) is 0.231. The quantitative estimate of drug-likeness (QED) is 0.880. The van der Waals surface area contributed by atoms with Gasteiger partial charge in [-0.05, 0) is 19.5 Å². The summed E-state index contributed by atoms with van der Waals surface area (Å²) in [6.07, 6.45) is 4.85. The molecule has 0 spiro atoms. The van der Waals surface area contributed by atoms with Crippen LogP contribution < -0.4 is 5.32 Å². The van der Waals surface area contributed by atoms with Crippen LogP contribution in [0.15, 0.2) is 36.8 Å². The van der Waals surface area contributed by atoms with Gasteiger partial charge < -0.3 is 5.32 Å². The highest BCUT2D eigenvalue weighted by Crippen LogP contribution is 2.23. The molecule has 1 unspecified atom stereocenters. The van der Waals surface area contributed by atoms with E-state index in [0.717, 1.165) is 0 Å². The van der Waals surface area contributed by atoms with Gasteiger partial charge in [0.05, 0.1) is 17.9 Å². The van der Waals surface area contributed by atoms with Crippen LogP contribution in [0.25, 0.3) is 0 Å². The van der Waals surface area contributed by atoms with Crippen LogP contribution in [0.4, 0.5) is 4.39 Å². The zero-order valence-electron chi connectivity index (χ0n) is 9.81. The van der Waals surface area contributed by atoms with Crippen LogP contribution in [-0.2, 0) is 0 Å². The van der Waals surface area contributed by atoms with Crippen LogP contribution in [0, 0.1) is 12.7 Å². The van der Waals surface area contributed by atoms with E-state index in [1.807, 2.05) is 6.07 Å². The SMILES string of the molecule is CNC(c1cnccn1)c1cccc(C)c1F. The van der Waals surface area contributed by atoms with E-state index < -0.39 is 0 Å². The van der Waals surface area contributed by atoms with E-state index in [4.69, 9.17) is 0 Å². The van der Waals surface area contributed by atoms with E-state index in [1.54, 1.807) is 44.7 Å². The first-order valence-electron chi connectivity index (χ1n) is 5.42. The summed E-state index contributed by atoms with van der Waals surface area (Å²) in [5.41, 5.74) is 1.93. The molecule has 1 N–H and O–H groups in total. The smallest absolute Gasteiger partial charge is 0.131 e. The molecule has 1 atom stereocenters. The second kappa shape index (κ2) is 5.01. The van der Waals surface area contributed by atoms with Gasteiger partial charge in [0.1, 0.15) is 5.82 Å². The molecule has 2 rings (SSSR count). The minimum absolute atomic E-state index is 0.197. The van der Waals surface area contributed by atoms with Crippen molar-refractivity contribution >= 4 is 0 Å². The minimum atomic E-state index is -0.274. The fourth-order valence-electron chi connectivity index (χ4n) is 1.82. The first-order chi connectivity index (χ1) is 8.24. The molecule has 17 heavy (non-hydrogen) atoms. The number of rotatable bonds is 3. The third-order valence-corrected chi connectivity index (χ3v) is 2.70. The Labute approximate surface area is 99.7 Å². The Morgan fingerprint density at radius 1 is 1.29 bits per heavy atom. The summed E-state index contributed by atoms with van der Waals surface area (Å²) >= 11 is 0. The molecule has 1 aromatic heterocycles. The number of hydrogen-bond donors (Lipinski definition) is 1. The van der Waals surface area contributed by atoms with Gasteiger partial charge in [-0.2, -0.15) is 0 Å². The third-order valence-electron chi connectivity index (χ3n) is 2.70. The summed E-state index contributed by atoms with van der Waals surface area (Å²) in [6.45, 7) is 1.75. The second-order valence-electron chi connectivity index (χ2n) is 3.83. The predicted octanol–water partition coefficient (Wildman–Crippen LogP) is 2.23. The highest BCUT2D eigenvalue weighted by atomic mass is 19.1. The summed E-state index contributed by atoms with van der Waals surface area (Å²) in [5.74, 6) is -0.197. The van der Waals surface area contributed by atoms with Crippen LogP contribution in [-0.4, -0.2) is 17.0 Å². The molecule has 0 aliphatic rings. The van der Waals surface area contributed by atoms with Gasteiger partial charge in [0.15, 0.2) is 0 Å². The van der Waals surface area contributed by atoms with Gasteiger partial charge in [0.2, 0.25) is 0 Å². The van der Waals surface area contributed by atoms with E-state index in [1.165, 1.54) is 0 Å². The molecule has 0 amide bonds. The molecule has 0 saturated heterocycles. The van der Waals surface area contributed by atoms with Gasteiger partial charge in [-0.25, -0.2) is 4.39 Å². The summed E-state index contributed by atoms with van der Waals surface area (Å²) < 4.78 is 14.0. The Hall–Kier alpha value is -1.81. The maximum absolute atomic E-state index is 14.0. The lowest BCUT2D eigenvalue weighted by molar-refractivity contribution is 0.563. The molecule has 2 aromatic rings. The summed E-state index contributed by atoms with van der Waals surface area (Å²) in [6, 6.07) is 5.08. The lowest BCUT2D eigenvalue weighted by Gasteiger charge is -2.17. The maximum atomic E-state index is 14.0. The summed E-state index contributed by atoms with van der Waals surface area (Å²) in [5, 5.41) is 3.06. The third kappa shape index (κ3) is 2.31. The largest absolute Gasteiger partial charge is 0.308 e. The number of halogens is 1. The highest BCUT2D eigenvalue weighted by Gasteiger charge is 2.18. The standard InChI is InChI=1S/C13H14FN3/c1-9-4-3-5-10(12(9)14)13(15-2)11-8-16-6-7-17-11/h3-8,13,15H,1-2H3. The molecule has 0 saturated carbocycles. The topological polar surface area (TPSA) is 37.8 Å². The Balaban J connectivity index is 2.46. The summed E-state index contributed by atoms with van der Waals surface area (Å²) in [4.78, 5) is 8.21. The van der Waals surface area contributed by atoms with Crippen LogP contribution in [0.2, 0.25) is 0 Å². The average molecular weight is 231 g/mol. The summed E-state index contributed by atoms with van der Waals surface area (Å²) in [7, 11) is 1.78. The highest BCUT2D eigenvalue weighted by molar-refractivity contribution is 5.32. The van der Waals surface area contributed by atoms with Gasteiger partial charge in [-0.1, -0.05) is 18.2 Å². The van der Waals surface area contributed by atoms with E-state index in [-0.39, 0.29) is 11.9 Å². The molecule has 0 radical (unpaired) electrons. The molecule has 3 nitrogen and oxygen atoms in total. The first-order valence-corrected chi connectivity index (χ1v) is 5.42. The minimum Gasteiger partial charge on any atom is -0.308 e. The average Bonchev–Trinajstić information content (AvgIpc) is 2.37. The van der Waals surface area contributed by atoms with Gasteiger partial charge >= 0.3 is 0 Å². The van der Waals surface area contributed by atoms with Crippen LogP contribution >= 0.6 is 0 Å². The van der Waals surface area contributed by atoms with E-state index in [0.29, 0.717) is 16.8 Å². The van der Waals surface area contributed by atoms with Crippen molar-refractivity contribution in [1.82, 2.24) is 15.3 Å². The predicted molar refractivity (Wildman–Crippen MR) is 64.1 cm³/mol. The van der Waals surface area contributed by atoms with E-state index in [9.17, 15) is 4.39 Å². The van der Waals surface area contributed by atoms with Gasteiger partial charge in [0, 0.05) is 18.0 Å². The van der Waals surface area contributed by atoms with Crippen molar-refractivity contribution in [3.63, 3.8) is 0 Å². The van der Waals surface area contributed by atoms with E-state index in [2.05, 4.69) is 15.3 Å². The number of aryl methyl sites for hydroxylation is 1. The van der Waals surface area contributed by atoms with Crippen molar-refractivity contribution in [2.75, 3.05) is 7.05 Å². The Kier molecular flexibility index (Phi) is 3.44. The molecule has 4 heteroatoms. The Bertz CT molecular complexity index is 499. The van der Waals surface area contributed by atoms with Crippen molar-refractivity contribution in [2.24, 2.45) is 0 Å². The molecular weight excluding hydrogens is 217 g/mol. The molecule has 1 aromatic carbocycles. The monoisotopic (exact) mass is 231 g/mol. The van der Waals surface area contributed by atoms with Crippen molar-refractivity contribution in [2.45, 2.75) is 13.0 Å². The molecule has 0 bridgehead atoms. The van der Waals surface area contributed by atoms with E-state index >= 15 is 0 Å². The zero-order valence-corrected chi connectivity index (χ0v) is 9.81. The lowest BCUT2D eigenvalue weighted by Crippen LogP contribution is -2.20. The van der Waals surface area contributed by atoms with Gasteiger partial charge in [0.25, 0.3) is 0 Å². The normalized spacial score (nSPS) is 12.4. The van der Waals surface area contributed by atoms with Crippen molar-refractivity contribution in [3.8, 4) is 0 Å². The number of benzene rings is 1. The molecule has 88 valence electrons. The second-order valence-corrected chi connectivity index (χ2v) is 3.83. The number of aromatic nitrogens is 2. The first kappa shape index (κ1) is 11.7. The van der Waals surface area contributed by atoms with Crippen LogP contribution in [0.1, 0.15) is 22.9 Å². The van der Waals surface area contributed by atoms with Crippen molar-refractivity contribution in [3.05, 3.63) is 59.4 Å². The zero-order chi connectivity index (χ0) is 12.3. The molecule has 0 fully saturated rings. The maximum Gasteiger partial charge on any atom is 0.131 e. The molecule has 0 aliphatic heterocycles. The molecular formula is C13H14FN3. The van der Waals surface area contributed by atoms with Crippen molar-refractivity contribution < 1.29 is 4.39 Å². The van der Waals surface area contributed by atoms with Crippen molar-refractivity contribution in [1.29, 1.82) is 0 Å². The number of nitrogens with one attached hydrogen (secondary N) is 1. The number of nitrogens with zero attached hydrogens (tertiary/aromatic N) is 2. The number of hydrogen-bond acceptors (Lipinski definition) is 3. The van der Waals surface area contributed by atoms with Gasteiger partial charge in [-0.3, -0.25) is 9.97 Å². The van der Waals surface area contributed by atoms with Crippen LogP contribution in [0.5, 0.6) is 0 Å². The fourth-order valence-corrected chi connectivity index (χ4v) is 1.82.